The lowest BCUT2D eigenvalue weighted by molar-refractivity contribution is 0.0218. The van der Waals surface area contributed by atoms with Crippen molar-refractivity contribution >= 4 is 28.9 Å². The third kappa shape index (κ3) is 5.99. The molecule has 1 aliphatic rings. The Kier molecular flexibility index (Phi) is 8.76. The van der Waals surface area contributed by atoms with Crippen molar-refractivity contribution in [3.05, 3.63) is 75.8 Å². The molecule has 1 N–H and O–H groups in total. The molecule has 14 heteroatoms. The van der Waals surface area contributed by atoms with E-state index < -0.39 is 41.2 Å². The zero-order valence-corrected chi connectivity index (χ0v) is 26.3. The smallest absolute Gasteiger partial charge is 0.410 e. The highest BCUT2D eigenvalue weighted by Gasteiger charge is 2.34. The number of halogens is 2. The number of carbonyl (C=O) groups excluding carboxylic acids is 1. The molecule has 1 fully saturated rings. The third-order valence-electron chi connectivity index (χ3n) is 7.52. The van der Waals surface area contributed by atoms with Crippen LogP contribution in [-0.2, 0) is 9.47 Å². The molecule has 46 heavy (non-hydrogen) atoms. The normalized spacial score (nSPS) is 15.3. The van der Waals surface area contributed by atoms with E-state index in [-0.39, 0.29) is 66.0 Å². The standard InChI is InChI=1S/C32H35F2N5O7/c1-18-9-7-10-20(29(40)41)25(18)39-28-21(15-24(34)38(28)26-22(33)11-8-12-23(26)45-17-44-6)27(35-30(39)42)37-14-13-36(16-19(37)2)31(43)46-32(3,4)5/h7-12,15,19H,13-14,16-17H2,1-6H3,(H,40,41)/t19-/m0/s1. The van der Waals surface area contributed by atoms with Gasteiger partial charge >= 0.3 is 17.8 Å². The number of para-hydroxylation sites is 2. The number of benzene rings is 2. The molecule has 5 rings (SSSR count). The summed E-state index contributed by atoms with van der Waals surface area (Å²) in [7, 11) is 1.37. The maximum absolute atomic E-state index is 16.3. The quantitative estimate of drug-likeness (QED) is 0.281. The number of amides is 1. The Labute approximate surface area is 263 Å². The maximum atomic E-state index is 16.3. The van der Waals surface area contributed by atoms with E-state index in [2.05, 4.69) is 4.98 Å². The second kappa shape index (κ2) is 12.4. The highest BCUT2D eigenvalue weighted by atomic mass is 19.1. The van der Waals surface area contributed by atoms with Crippen LogP contribution in [0.1, 0.15) is 43.6 Å². The van der Waals surface area contributed by atoms with Crippen molar-refractivity contribution in [3.63, 3.8) is 0 Å². The fourth-order valence-corrected chi connectivity index (χ4v) is 5.62. The van der Waals surface area contributed by atoms with Gasteiger partial charge in [-0.25, -0.2) is 23.3 Å². The summed E-state index contributed by atoms with van der Waals surface area (Å²) in [5.74, 6) is -3.16. The lowest BCUT2D eigenvalue weighted by Crippen LogP contribution is -2.55. The summed E-state index contributed by atoms with van der Waals surface area (Å²) in [5.41, 5.74) is -2.05. The Hall–Kier alpha value is -4.98. The molecule has 0 saturated carbocycles. The molecule has 244 valence electrons. The minimum absolute atomic E-state index is 0.0538. The highest BCUT2D eigenvalue weighted by molar-refractivity contribution is 5.96. The van der Waals surface area contributed by atoms with Crippen LogP contribution in [0.25, 0.3) is 22.4 Å². The van der Waals surface area contributed by atoms with Gasteiger partial charge < -0.3 is 29.1 Å². The number of hydrogen-bond donors (Lipinski definition) is 1. The Bertz CT molecular complexity index is 1880. The number of piperazine rings is 1. The van der Waals surface area contributed by atoms with E-state index in [1.165, 1.54) is 31.4 Å². The van der Waals surface area contributed by atoms with Crippen molar-refractivity contribution < 1.29 is 37.7 Å². The van der Waals surface area contributed by atoms with Crippen molar-refractivity contribution in [2.45, 2.75) is 46.3 Å². The molecule has 2 aromatic heterocycles. The Morgan fingerprint density at radius 1 is 1.07 bits per heavy atom. The van der Waals surface area contributed by atoms with Gasteiger partial charge in [-0.1, -0.05) is 18.2 Å². The molecule has 12 nitrogen and oxygen atoms in total. The van der Waals surface area contributed by atoms with E-state index in [9.17, 15) is 19.5 Å². The first kappa shape index (κ1) is 32.4. The van der Waals surface area contributed by atoms with Crippen LogP contribution < -0.4 is 15.3 Å². The van der Waals surface area contributed by atoms with Gasteiger partial charge in [0.05, 0.1) is 16.6 Å². The van der Waals surface area contributed by atoms with E-state index in [0.29, 0.717) is 5.56 Å². The van der Waals surface area contributed by atoms with Gasteiger partial charge in [-0.05, 0) is 58.4 Å². The summed E-state index contributed by atoms with van der Waals surface area (Å²) in [4.78, 5) is 46.9. The van der Waals surface area contributed by atoms with E-state index in [1.54, 1.807) is 43.6 Å². The summed E-state index contributed by atoms with van der Waals surface area (Å²) in [6, 6.07) is 9.06. The summed E-state index contributed by atoms with van der Waals surface area (Å²) >= 11 is 0. The zero-order chi connectivity index (χ0) is 33.5. The minimum Gasteiger partial charge on any atom is -0.478 e. The number of methoxy groups -OCH3 is 1. The van der Waals surface area contributed by atoms with Crippen LogP contribution in [0.5, 0.6) is 5.75 Å². The SMILES string of the molecule is COCOc1cccc(F)c1-n1c(F)cc2c(N3CCN(C(=O)OC(C)(C)C)C[C@@H]3C)nc(=O)n(-c3c(C)cccc3C(=O)O)c21. The number of hydrogen-bond acceptors (Lipinski definition) is 8. The Morgan fingerprint density at radius 2 is 1.78 bits per heavy atom. The van der Waals surface area contributed by atoms with Crippen LogP contribution in [0.3, 0.4) is 0 Å². The number of carboxylic acid groups (broad SMARTS) is 1. The number of anilines is 1. The van der Waals surface area contributed by atoms with Crippen LogP contribution in [-0.4, -0.2) is 81.4 Å². The second-order valence-electron chi connectivity index (χ2n) is 12.0. The summed E-state index contributed by atoms with van der Waals surface area (Å²) in [6.07, 6.45) is -0.492. The molecule has 0 unspecified atom stereocenters. The van der Waals surface area contributed by atoms with Crippen LogP contribution in [0.2, 0.25) is 0 Å². The van der Waals surface area contributed by atoms with Gasteiger partial charge in [0.15, 0.2) is 12.6 Å². The van der Waals surface area contributed by atoms with Crippen molar-refractivity contribution in [2.24, 2.45) is 0 Å². The fourth-order valence-electron chi connectivity index (χ4n) is 5.62. The number of carboxylic acids is 1. The molecular weight excluding hydrogens is 604 g/mol. The molecule has 1 atom stereocenters. The van der Waals surface area contributed by atoms with Crippen molar-refractivity contribution in [1.82, 2.24) is 19.0 Å². The molecular formula is C32H35F2N5O7. The second-order valence-corrected chi connectivity index (χ2v) is 12.0. The fraction of sp³-hybridized carbons (Fsp3) is 0.375. The Balaban J connectivity index is 1.78. The number of carbonyl (C=O) groups is 2. The average molecular weight is 640 g/mol. The predicted molar refractivity (Wildman–Crippen MR) is 165 cm³/mol. The zero-order valence-electron chi connectivity index (χ0n) is 26.3. The number of aromatic nitrogens is 3. The number of rotatable bonds is 7. The van der Waals surface area contributed by atoms with E-state index in [1.807, 2.05) is 6.92 Å². The van der Waals surface area contributed by atoms with Gasteiger partial charge in [0.25, 0.3) is 0 Å². The van der Waals surface area contributed by atoms with Gasteiger partial charge in [0.2, 0.25) is 5.95 Å². The van der Waals surface area contributed by atoms with Crippen molar-refractivity contribution in [1.29, 1.82) is 0 Å². The minimum atomic E-state index is -1.33. The van der Waals surface area contributed by atoms with Gasteiger partial charge in [-0.2, -0.15) is 9.37 Å². The topological polar surface area (TPSA) is 128 Å². The predicted octanol–water partition coefficient (Wildman–Crippen LogP) is 4.89. The van der Waals surface area contributed by atoms with Crippen LogP contribution in [0, 0.1) is 18.7 Å². The molecule has 3 heterocycles. The first-order valence-electron chi connectivity index (χ1n) is 14.6. The van der Waals surface area contributed by atoms with Crippen molar-refractivity contribution in [3.8, 4) is 17.1 Å². The van der Waals surface area contributed by atoms with Gasteiger partial charge in [-0.15, -0.1) is 0 Å². The number of ether oxygens (including phenoxy) is 3. The first-order valence-corrected chi connectivity index (χ1v) is 14.6. The summed E-state index contributed by atoms with van der Waals surface area (Å²) < 4.78 is 49.9. The van der Waals surface area contributed by atoms with Crippen LogP contribution in [0.15, 0.2) is 47.3 Å². The van der Waals surface area contributed by atoms with E-state index >= 15 is 8.78 Å². The number of nitrogens with zero attached hydrogens (tertiary/aromatic N) is 5. The van der Waals surface area contributed by atoms with Crippen LogP contribution in [0.4, 0.5) is 19.4 Å². The molecule has 0 spiro atoms. The number of fused-ring (bicyclic) bond motifs is 1. The first-order chi connectivity index (χ1) is 21.7. The van der Waals surface area contributed by atoms with Crippen molar-refractivity contribution in [2.75, 3.05) is 38.4 Å². The van der Waals surface area contributed by atoms with E-state index in [4.69, 9.17) is 14.2 Å². The maximum Gasteiger partial charge on any atom is 0.410 e. The summed E-state index contributed by atoms with van der Waals surface area (Å²) in [5, 5.41) is 10.2. The Morgan fingerprint density at radius 3 is 2.43 bits per heavy atom. The molecule has 0 radical (unpaired) electrons. The number of aryl methyl sites for hydroxylation is 1. The third-order valence-corrected chi connectivity index (χ3v) is 7.52. The van der Waals surface area contributed by atoms with Gasteiger partial charge in [0.1, 0.15) is 28.5 Å². The molecule has 4 aromatic rings. The largest absolute Gasteiger partial charge is 0.478 e. The van der Waals surface area contributed by atoms with Gasteiger partial charge in [0, 0.05) is 38.9 Å². The van der Waals surface area contributed by atoms with Crippen LogP contribution >= 0.6 is 0 Å². The molecule has 1 saturated heterocycles. The molecule has 0 aliphatic carbocycles. The molecule has 1 amide bonds. The molecule has 0 bridgehead atoms. The summed E-state index contributed by atoms with van der Waals surface area (Å²) in [6.45, 7) is 9.10. The van der Waals surface area contributed by atoms with Gasteiger partial charge in [-0.3, -0.25) is 4.57 Å². The average Bonchev–Trinajstić information content (AvgIpc) is 3.31. The lowest BCUT2D eigenvalue weighted by atomic mass is 10.1. The lowest BCUT2D eigenvalue weighted by Gasteiger charge is -2.41. The molecule has 1 aliphatic heterocycles. The monoisotopic (exact) mass is 639 g/mol. The number of aromatic carboxylic acids is 1. The van der Waals surface area contributed by atoms with E-state index in [0.717, 1.165) is 21.3 Å². The molecule has 2 aromatic carbocycles. The highest BCUT2D eigenvalue weighted by Crippen LogP contribution is 2.37.